The lowest BCUT2D eigenvalue weighted by atomic mass is 9.94. The predicted octanol–water partition coefficient (Wildman–Crippen LogP) is 4.37. The highest BCUT2D eigenvalue weighted by molar-refractivity contribution is 9.10. The second-order valence-electron chi connectivity index (χ2n) is 7.59. The molecule has 0 radical (unpaired) electrons. The van der Waals surface area contributed by atoms with E-state index in [1.165, 1.54) is 0 Å². The van der Waals surface area contributed by atoms with Gasteiger partial charge in [0.25, 0.3) is 11.6 Å². The van der Waals surface area contributed by atoms with Crippen LogP contribution in [0.4, 0.5) is 16.2 Å². The fourth-order valence-electron chi connectivity index (χ4n) is 3.36. The zero-order valence-electron chi connectivity index (χ0n) is 16.8. The van der Waals surface area contributed by atoms with Gasteiger partial charge >= 0.3 is 6.03 Å². The summed E-state index contributed by atoms with van der Waals surface area (Å²) < 4.78 is 0.696. The number of nitrogens with one attached hydrogen (secondary N) is 2. The third-order valence-electron chi connectivity index (χ3n) is 5.05. The Morgan fingerprint density at radius 3 is 2.55 bits per heavy atom. The number of rotatable bonds is 6. The fourth-order valence-corrected chi connectivity index (χ4v) is 3.72. The zero-order valence-corrected chi connectivity index (χ0v) is 18.4. The van der Waals surface area contributed by atoms with Crippen LogP contribution in [0.3, 0.4) is 0 Å². The summed E-state index contributed by atoms with van der Waals surface area (Å²) in [5.74, 6) is -0.231. The number of anilines is 2. The van der Waals surface area contributed by atoms with Crippen LogP contribution in [0.15, 0.2) is 46.9 Å². The molecule has 1 atom stereocenters. The molecule has 1 aliphatic rings. The number of carbonyl (C=O) groups excluding carboxylic acids is 2. The average molecular weight is 460 g/mol. The van der Waals surface area contributed by atoms with Gasteiger partial charge in [0, 0.05) is 22.3 Å². The van der Waals surface area contributed by atoms with Crippen molar-refractivity contribution in [2.24, 2.45) is 5.92 Å². The molecule has 2 aromatic carbocycles. The molecule has 3 rings (SSSR count). The highest BCUT2D eigenvalue weighted by Gasteiger charge is 2.52. The molecule has 0 saturated heterocycles. The van der Waals surface area contributed by atoms with Crippen molar-refractivity contribution < 1.29 is 14.7 Å². The van der Waals surface area contributed by atoms with Gasteiger partial charge in [-0.05, 0) is 54.7 Å². The summed E-state index contributed by atoms with van der Waals surface area (Å²) in [6.45, 7) is 6.56. The molecule has 1 heterocycles. The maximum atomic E-state index is 13.2. The molecular formula is C22H26BrN3O3. The van der Waals surface area contributed by atoms with Crippen LogP contribution in [0.25, 0.3) is 0 Å². The first-order valence-electron chi connectivity index (χ1n) is 9.78. The van der Waals surface area contributed by atoms with Gasteiger partial charge in [0.15, 0.2) is 0 Å². The molecular weight excluding hydrogens is 434 g/mol. The van der Waals surface area contributed by atoms with E-state index < -0.39 is 17.7 Å². The summed E-state index contributed by atoms with van der Waals surface area (Å²) >= 11 is 3.40. The maximum Gasteiger partial charge on any atom is 0.329 e. The minimum atomic E-state index is -2.17. The number of halogens is 1. The summed E-state index contributed by atoms with van der Waals surface area (Å²) in [5.41, 5.74) is 0.0758. The number of aryl methyl sites for hydroxylation is 1. The maximum absolute atomic E-state index is 13.2. The highest BCUT2D eigenvalue weighted by atomic mass is 79.9. The molecule has 6 nitrogen and oxygen atoms in total. The SMILES string of the molecule is CCc1ccc(N2C(=O)Nc3ccc(Br)cc3C2(O)C(=O)NCCC(C)C)cc1. The Hall–Kier alpha value is -2.38. The van der Waals surface area contributed by atoms with E-state index in [0.717, 1.165) is 23.3 Å². The highest BCUT2D eigenvalue weighted by Crippen LogP contribution is 2.41. The van der Waals surface area contributed by atoms with E-state index in [9.17, 15) is 14.7 Å². The second kappa shape index (κ2) is 8.55. The normalized spacial score (nSPS) is 18.4. The molecule has 1 unspecified atom stereocenters. The van der Waals surface area contributed by atoms with Gasteiger partial charge in [0.1, 0.15) is 0 Å². The van der Waals surface area contributed by atoms with Gasteiger partial charge in [-0.2, -0.15) is 0 Å². The number of nitrogens with zero attached hydrogens (tertiary/aromatic N) is 1. The number of urea groups is 1. The Morgan fingerprint density at radius 2 is 1.93 bits per heavy atom. The van der Waals surface area contributed by atoms with Crippen molar-refractivity contribution in [3.05, 3.63) is 58.1 Å². The lowest BCUT2D eigenvalue weighted by molar-refractivity contribution is -0.140. The zero-order chi connectivity index (χ0) is 21.2. The molecule has 154 valence electrons. The molecule has 29 heavy (non-hydrogen) atoms. The van der Waals surface area contributed by atoms with E-state index in [1.807, 2.05) is 19.1 Å². The molecule has 3 amide bonds. The number of aliphatic hydroxyl groups is 1. The van der Waals surface area contributed by atoms with E-state index in [2.05, 4.69) is 40.4 Å². The molecule has 0 aromatic heterocycles. The Morgan fingerprint density at radius 1 is 1.24 bits per heavy atom. The van der Waals surface area contributed by atoms with Gasteiger partial charge in [-0.1, -0.05) is 48.8 Å². The van der Waals surface area contributed by atoms with Crippen molar-refractivity contribution in [3.8, 4) is 0 Å². The number of hydrogen-bond acceptors (Lipinski definition) is 3. The van der Waals surface area contributed by atoms with Crippen LogP contribution >= 0.6 is 15.9 Å². The first-order chi connectivity index (χ1) is 13.8. The number of hydrogen-bond donors (Lipinski definition) is 3. The lowest BCUT2D eigenvalue weighted by Gasteiger charge is -2.42. The Bertz CT molecular complexity index is 914. The summed E-state index contributed by atoms with van der Waals surface area (Å²) in [6.07, 6.45) is 1.62. The standard InChI is InChI=1S/C22H26BrN3O3/c1-4-15-5-8-17(9-6-15)26-21(28)25-19-10-7-16(23)13-18(19)22(26,29)20(27)24-12-11-14(2)3/h5-10,13-14,29H,4,11-12H2,1-3H3,(H,24,27)(H,25,28). The smallest absolute Gasteiger partial charge is 0.329 e. The molecule has 0 fully saturated rings. The van der Waals surface area contributed by atoms with Crippen LogP contribution in [0.2, 0.25) is 0 Å². The summed E-state index contributed by atoms with van der Waals surface area (Å²) in [7, 11) is 0. The summed E-state index contributed by atoms with van der Waals surface area (Å²) in [4.78, 5) is 27.3. The van der Waals surface area contributed by atoms with E-state index in [1.54, 1.807) is 30.3 Å². The molecule has 0 bridgehead atoms. The third-order valence-corrected chi connectivity index (χ3v) is 5.55. The van der Waals surface area contributed by atoms with Gasteiger partial charge in [0.05, 0.1) is 5.69 Å². The van der Waals surface area contributed by atoms with Crippen LogP contribution in [-0.2, 0) is 16.9 Å². The minimum Gasteiger partial charge on any atom is -0.359 e. The summed E-state index contributed by atoms with van der Waals surface area (Å²) in [6, 6.07) is 11.8. The van der Waals surface area contributed by atoms with Crippen LogP contribution in [0, 0.1) is 5.92 Å². The van der Waals surface area contributed by atoms with Gasteiger partial charge in [-0.3, -0.25) is 9.69 Å². The Labute approximate surface area is 179 Å². The lowest BCUT2D eigenvalue weighted by Crippen LogP contribution is -2.62. The van der Waals surface area contributed by atoms with Crippen molar-refractivity contribution in [3.63, 3.8) is 0 Å². The first-order valence-corrected chi connectivity index (χ1v) is 10.6. The molecule has 2 aromatic rings. The van der Waals surface area contributed by atoms with E-state index in [0.29, 0.717) is 33.9 Å². The quantitative estimate of drug-likeness (QED) is 0.599. The first kappa shape index (κ1) is 21.3. The minimum absolute atomic E-state index is 0.313. The van der Waals surface area contributed by atoms with E-state index >= 15 is 0 Å². The number of carbonyl (C=O) groups is 2. The predicted molar refractivity (Wildman–Crippen MR) is 118 cm³/mol. The van der Waals surface area contributed by atoms with Crippen molar-refractivity contribution in [1.29, 1.82) is 0 Å². The number of amides is 3. The summed E-state index contributed by atoms with van der Waals surface area (Å²) in [5, 5.41) is 17.3. The second-order valence-corrected chi connectivity index (χ2v) is 8.50. The van der Waals surface area contributed by atoms with Gasteiger partial charge in [-0.25, -0.2) is 4.79 Å². The van der Waals surface area contributed by atoms with Crippen molar-refractivity contribution in [2.75, 3.05) is 16.8 Å². The van der Waals surface area contributed by atoms with E-state index in [-0.39, 0.29) is 0 Å². The molecule has 7 heteroatoms. The molecule has 0 aliphatic carbocycles. The van der Waals surface area contributed by atoms with Crippen LogP contribution in [0.5, 0.6) is 0 Å². The van der Waals surface area contributed by atoms with Crippen LogP contribution in [-0.4, -0.2) is 23.6 Å². The van der Waals surface area contributed by atoms with Crippen LogP contribution < -0.4 is 15.5 Å². The Balaban J connectivity index is 2.08. The topological polar surface area (TPSA) is 81.7 Å². The third kappa shape index (κ3) is 4.16. The van der Waals surface area contributed by atoms with Crippen molar-refractivity contribution in [1.82, 2.24) is 5.32 Å². The fraction of sp³-hybridized carbons (Fsp3) is 0.364. The largest absolute Gasteiger partial charge is 0.359 e. The van der Waals surface area contributed by atoms with Crippen molar-refractivity contribution >= 4 is 39.2 Å². The monoisotopic (exact) mass is 459 g/mol. The van der Waals surface area contributed by atoms with Gasteiger partial charge in [0.2, 0.25) is 0 Å². The average Bonchev–Trinajstić information content (AvgIpc) is 2.68. The van der Waals surface area contributed by atoms with E-state index in [4.69, 9.17) is 0 Å². The number of fused-ring (bicyclic) bond motifs is 1. The van der Waals surface area contributed by atoms with Gasteiger partial charge in [-0.15, -0.1) is 0 Å². The number of benzene rings is 2. The molecule has 0 saturated carbocycles. The Kier molecular flexibility index (Phi) is 6.29. The molecule has 3 N–H and O–H groups in total. The van der Waals surface area contributed by atoms with Crippen LogP contribution in [0.1, 0.15) is 38.3 Å². The van der Waals surface area contributed by atoms with Gasteiger partial charge < -0.3 is 15.7 Å². The molecule has 1 aliphatic heterocycles. The molecule has 0 spiro atoms. The van der Waals surface area contributed by atoms with Crippen molar-refractivity contribution in [2.45, 2.75) is 39.3 Å².